The van der Waals surface area contributed by atoms with Crippen molar-refractivity contribution in [2.24, 2.45) is 0 Å². The molecule has 3 nitrogen and oxygen atoms in total. The number of rotatable bonds is 8. The summed E-state index contributed by atoms with van der Waals surface area (Å²) in [6, 6.07) is 16.1. The van der Waals surface area contributed by atoms with E-state index in [9.17, 15) is 9.59 Å². The van der Waals surface area contributed by atoms with Crippen molar-refractivity contribution in [1.82, 2.24) is 0 Å². The number of carbonyl (C=O) groups excluding carboxylic acids is 1. The number of aryl methyl sites for hydroxylation is 1. The Morgan fingerprint density at radius 2 is 1.35 bits per heavy atom. The molecule has 120 valence electrons. The zero-order valence-corrected chi connectivity index (χ0v) is 13.4. The third-order valence-corrected chi connectivity index (χ3v) is 3.95. The number of unbranched alkanes of at least 4 members (excludes halogenated alkanes) is 1. The zero-order valence-electron chi connectivity index (χ0n) is 13.4. The number of hydrogen-bond donors (Lipinski definition) is 1. The Labute approximate surface area is 137 Å². The predicted octanol–water partition coefficient (Wildman–Crippen LogP) is 4.74. The Bertz CT molecular complexity index is 654. The summed E-state index contributed by atoms with van der Waals surface area (Å²) in [5.74, 6) is -0.737. The summed E-state index contributed by atoms with van der Waals surface area (Å²) in [5, 5.41) is 8.58. The molecule has 2 aromatic carbocycles. The highest BCUT2D eigenvalue weighted by Gasteiger charge is 2.07. The normalized spacial score (nSPS) is 10.5. The molecule has 0 aliphatic rings. The van der Waals surface area contributed by atoms with E-state index in [1.165, 1.54) is 5.56 Å². The Balaban J connectivity index is 1.95. The third-order valence-electron chi connectivity index (χ3n) is 3.95. The average Bonchev–Trinajstić information content (AvgIpc) is 2.58. The van der Waals surface area contributed by atoms with E-state index < -0.39 is 5.97 Å². The lowest BCUT2D eigenvalue weighted by atomic mass is 9.99. The number of benzene rings is 2. The molecule has 2 rings (SSSR count). The van der Waals surface area contributed by atoms with Gasteiger partial charge in [0.1, 0.15) is 0 Å². The highest BCUT2D eigenvalue weighted by atomic mass is 16.4. The highest BCUT2D eigenvalue weighted by molar-refractivity contribution is 5.96. The van der Waals surface area contributed by atoms with Crippen LogP contribution in [0.5, 0.6) is 0 Å². The first-order valence-electron chi connectivity index (χ1n) is 8.04. The molecule has 0 amide bonds. The fourth-order valence-electron chi connectivity index (χ4n) is 2.49. The standard InChI is InChI=1S/C20H22O3/c1-2-15-7-9-16(10-8-15)17-11-13-18(14-12-17)19(21)5-3-4-6-20(22)23/h7-14H,2-6H2,1H3,(H,22,23). The van der Waals surface area contributed by atoms with Gasteiger partial charge in [0.15, 0.2) is 5.78 Å². The van der Waals surface area contributed by atoms with Crippen molar-refractivity contribution in [3.63, 3.8) is 0 Å². The highest BCUT2D eigenvalue weighted by Crippen LogP contribution is 2.21. The SMILES string of the molecule is CCc1ccc(-c2ccc(C(=O)CCCCC(=O)O)cc2)cc1. The first kappa shape index (κ1) is 16.9. The van der Waals surface area contributed by atoms with Gasteiger partial charge in [-0.15, -0.1) is 0 Å². The van der Waals surface area contributed by atoms with Crippen molar-refractivity contribution in [3.05, 3.63) is 59.7 Å². The minimum Gasteiger partial charge on any atom is -0.481 e. The summed E-state index contributed by atoms with van der Waals surface area (Å²) in [4.78, 5) is 22.5. The zero-order chi connectivity index (χ0) is 16.7. The summed E-state index contributed by atoms with van der Waals surface area (Å²) in [6.45, 7) is 2.13. The largest absolute Gasteiger partial charge is 0.481 e. The summed E-state index contributed by atoms with van der Waals surface area (Å²) in [7, 11) is 0. The van der Waals surface area contributed by atoms with Gasteiger partial charge in [-0.2, -0.15) is 0 Å². The van der Waals surface area contributed by atoms with Crippen molar-refractivity contribution in [2.45, 2.75) is 39.0 Å². The van der Waals surface area contributed by atoms with Crippen molar-refractivity contribution >= 4 is 11.8 Å². The molecular weight excluding hydrogens is 288 g/mol. The molecule has 2 aromatic rings. The Kier molecular flexibility index (Phi) is 6.10. The first-order chi connectivity index (χ1) is 11.1. The molecule has 1 N–H and O–H groups in total. The maximum atomic E-state index is 12.1. The maximum Gasteiger partial charge on any atom is 0.303 e. The number of carboxylic acid groups (broad SMARTS) is 1. The van der Waals surface area contributed by atoms with Gasteiger partial charge in [0, 0.05) is 18.4 Å². The van der Waals surface area contributed by atoms with Gasteiger partial charge in [-0.3, -0.25) is 9.59 Å². The van der Waals surface area contributed by atoms with Gasteiger partial charge in [0.25, 0.3) is 0 Å². The smallest absolute Gasteiger partial charge is 0.303 e. The van der Waals surface area contributed by atoms with Gasteiger partial charge in [0.05, 0.1) is 0 Å². The first-order valence-corrected chi connectivity index (χ1v) is 8.04. The van der Waals surface area contributed by atoms with E-state index in [1.54, 1.807) is 0 Å². The Morgan fingerprint density at radius 1 is 0.826 bits per heavy atom. The van der Waals surface area contributed by atoms with Gasteiger partial charge in [-0.05, 0) is 36.0 Å². The number of hydrogen-bond acceptors (Lipinski definition) is 2. The van der Waals surface area contributed by atoms with E-state index in [2.05, 4.69) is 31.2 Å². The van der Waals surface area contributed by atoms with E-state index in [0.717, 1.165) is 17.5 Å². The van der Waals surface area contributed by atoms with Gasteiger partial charge >= 0.3 is 5.97 Å². The second kappa shape index (κ2) is 8.28. The third kappa shape index (κ3) is 5.06. The predicted molar refractivity (Wildman–Crippen MR) is 91.7 cm³/mol. The number of carbonyl (C=O) groups is 2. The maximum absolute atomic E-state index is 12.1. The fraction of sp³-hybridized carbons (Fsp3) is 0.300. The second-order valence-electron chi connectivity index (χ2n) is 5.65. The van der Waals surface area contributed by atoms with Gasteiger partial charge < -0.3 is 5.11 Å². The molecule has 0 bridgehead atoms. The van der Waals surface area contributed by atoms with Crippen LogP contribution < -0.4 is 0 Å². The Morgan fingerprint density at radius 3 is 1.87 bits per heavy atom. The van der Waals surface area contributed by atoms with E-state index in [-0.39, 0.29) is 12.2 Å². The summed E-state index contributed by atoms with van der Waals surface area (Å²) in [6.07, 6.45) is 2.71. The number of aliphatic carboxylic acids is 1. The van der Waals surface area contributed by atoms with Crippen LogP contribution in [0.4, 0.5) is 0 Å². The van der Waals surface area contributed by atoms with Crippen LogP contribution in [0.3, 0.4) is 0 Å². The van der Waals surface area contributed by atoms with Gasteiger partial charge in [-0.25, -0.2) is 0 Å². The number of carboxylic acids is 1. The lowest BCUT2D eigenvalue weighted by Crippen LogP contribution is -2.00. The summed E-state index contributed by atoms with van der Waals surface area (Å²) in [5.41, 5.74) is 4.23. The van der Waals surface area contributed by atoms with E-state index in [0.29, 0.717) is 24.8 Å². The van der Waals surface area contributed by atoms with Crippen molar-refractivity contribution in [2.75, 3.05) is 0 Å². The summed E-state index contributed by atoms with van der Waals surface area (Å²) >= 11 is 0. The van der Waals surface area contributed by atoms with Crippen LogP contribution in [0.2, 0.25) is 0 Å². The molecule has 0 heterocycles. The van der Waals surface area contributed by atoms with Gasteiger partial charge in [-0.1, -0.05) is 55.5 Å². The van der Waals surface area contributed by atoms with Crippen molar-refractivity contribution in [3.8, 4) is 11.1 Å². The molecule has 0 fully saturated rings. The van der Waals surface area contributed by atoms with E-state index in [4.69, 9.17) is 5.11 Å². The molecule has 0 aliphatic heterocycles. The topological polar surface area (TPSA) is 54.4 Å². The molecule has 0 aliphatic carbocycles. The molecule has 0 aromatic heterocycles. The van der Waals surface area contributed by atoms with Crippen LogP contribution in [-0.2, 0) is 11.2 Å². The summed E-state index contributed by atoms with van der Waals surface area (Å²) < 4.78 is 0. The molecule has 0 saturated carbocycles. The van der Waals surface area contributed by atoms with Crippen LogP contribution in [0.25, 0.3) is 11.1 Å². The van der Waals surface area contributed by atoms with Crippen LogP contribution >= 0.6 is 0 Å². The minimum atomic E-state index is -0.809. The molecular formula is C20H22O3. The van der Waals surface area contributed by atoms with E-state index in [1.807, 2.05) is 24.3 Å². The van der Waals surface area contributed by atoms with Gasteiger partial charge in [0.2, 0.25) is 0 Å². The molecule has 3 heteroatoms. The minimum absolute atomic E-state index is 0.0725. The number of ketones is 1. The van der Waals surface area contributed by atoms with Crippen molar-refractivity contribution < 1.29 is 14.7 Å². The quantitative estimate of drug-likeness (QED) is 0.566. The number of Topliss-reactive ketones (excluding diaryl/α,β-unsaturated/α-hetero) is 1. The van der Waals surface area contributed by atoms with E-state index >= 15 is 0 Å². The second-order valence-corrected chi connectivity index (χ2v) is 5.65. The van der Waals surface area contributed by atoms with Crippen LogP contribution in [-0.4, -0.2) is 16.9 Å². The molecule has 0 radical (unpaired) electrons. The Hall–Kier alpha value is -2.42. The monoisotopic (exact) mass is 310 g/mol. The van der Waals surface area contributed by atoms with Crippen LogP contribution in [0.15, 0.2) is 48.5 Å². The molecule has 0 saturated heterocycles. The van der Waals surface area contributed by atoms with Crippen molar-refractivity contribution in [1.29, 1.82) is 0 Å². The molecule has 0 spiro atoms. The average molecular weight is 310 g/mol. The fourth-order valence-corrected chi connectivity index (χ4v) is 2.49. The van der Waals surface area contributed by atoms with Crippen LogP contribution in [0, 0.1) is 0 Å². The lowest BCUT2D eigenvalue weighted by molar-refractivity contribution is -0.137. The molecule has 0 unspecified atom stereocenters. The molecule has 0 atom stereocenters. The molecule has 23 heavy (non-hydrogen) atoms. The van der Waals surface area contributed by atoms with Crippen LogP contribution in [0.1, 0.15) is 48.5 Å². The lowest BCUT2D eigenvalue weighted by Gasteiger charge is -2.05.